The van der Waals surface area contributed by atoms with Gasteiger partial charge in [0.15, 0.2) is 0 Å². The maximum absolute atomic E-state index is 12.6. The van der Waals surface area contributed by atoms with Gasteiger partial charge in [-0.1, -0.05) is 6.07 Å². The van der Waals surface area contributed by atoms with Crippen LogP contribution in [0.25, 0.3) is 0 Å². The first-order chi connectivity index (χ1) is 11.3. The van der Waals surface area contributed by atoms with Gasteiger partial charge in [0.25, 0.3) is 0 Å². The van der Waals surface area contributed by atoms with E-state index in [0.717, 1.165) is 38.2 Å². The van der Waals surface area contributed by atoms with E-state index in [9.17, 15) is 4.79 Å². The topological polar surface area (TPSA) is 54.7 Å². The summed E-state index contributed by atoms with van der Waals surface area (Å²) >= 11 is 1.72. The lowest BCUT2D eigenvalue weighted by atomic mass is 10.1. The number of hydrogen-bond donors (Lipinski definition) is 1. The molecule has 124 valence electrons. The average Bonchev–Trinajstić information content (AvgIpc) is 3.26. The molecule has 1 aliphatic heterocycles. The van der Waals surface area contributed by atoms with Gasteiger partial charge in [-0.25, -0.2) is 4.79 Å². The number of furan rings is 1. The molecule has 5 nitrogen and oxygen atoms in total. The smallest absolute Gasteiger partial charge is 0.318 e. The quantitative estimate of drug-likeness (QED) is 0.882. The van der Waals surface area contributed by atoms with E-state index in [0.29, 0.717) is 13.1 Å². The van der Waals surface area contributed by atoms with Crippen molar-refractivity contribution in [2.75, 3.05) is 19.8 Å². The van der Waals surface area contributed by atoms with Crippen molar-refractivity contribution in [3.63, 3.8) is 0 Å². The Kier molecular flexibility index (Phi) is 5.71. The van der Waals surface area contributed by atoms with Crippen LogP contribution in [-0.4, -0.2) is 36.7 Å². The first-order valence-corrected chi connectivity index (χ1v) is 8.87. The molecule has 0 unspecified atom stereocenters. The van der Waals surface area contributed by atoms with Gasteiger partial charge in [-0.05, 0) is 42.8 Å². The van der Waals surface area contributed by atoms with E-state index in [1.807, 2.05) is 23.1 Å². The fraction of sp³-hybridized carbons (Fsp3) is 0.471. The number of hydrogen-bond acceptors (Lipinski definition) is 4. The van der Waals surface area contributed by atoms with Gasteiger partial charge < -0.3 is 19.4 Å². The summed E-state index contributed by atoms with van der Waals surface area (Å²) in [6.07, 6.45) is 4.26. The number of amides is 2. The molecule has 0 aromatic carbocycles. The van der Waals surface area contributed by atoms with Crippen LogP contribution in [0.15, 0.2) is 40.3 Å². The minimum atomic E-state index is -0.0233. The van der Waals surface area contributed by atoms with Gasteiger partial charge in [-0.3, -0.25) is 0 Å². The molecule has 3 heterocycles. The second kappa shape index (κ2) is 8.17. The Bertz CT molecular complexity index is 577. The molecule has 2 aromatic rings. The Morgan fingerprint density at radius 2 is 2.17 bits per heavy atom. The van der Waals surface area contributed by atoms with Crippen molar-refractivity contribution in [3.8, 4) is 0 Å². The molecule has 1 fully saturated rings. The number of rotatable bonds is 6. The molecule has 1 aliphatic rings. The Balaban J connectivity index is 1.59. The largest absolute Gasteiger partial charge is 0.467 e. The summed E-state index contributed by atoms with van der Waals surface area (Å²) in [7, 11) is 0. The van der Waals surface area contributed by atoms with Crippen LogP contribution < -0.4 is 5.32 Å². The normalized spacial score (nSPS) is 15.5. The van der Waals surface area contributed by atoms with Crippen molar-refractivity contribution in [1.29, 1.82) is 0 Å². The molecule has 3 rings (SSSR count). The summed E-state index contributed by atoms with van der Waals surface area (Å²) < 4.78 is 10.7. The summed E-state index contributed by atoms with van der Waals surface area (Å²) in [5, 5.41) is 5.19. The van der Waals surface area contributed by atoms with E-state index < -0.39 is 0 Å². The van der Waals surface area contributed by atoms with Crippen molar-refractivity contribution in [2.24, 2.45) is 0 Å². The van der Waals surface area contributed by atoms with Crippen molar-refractivity contribution in [3.05, 3.63) is 46.5 Å². The number of urea groups is 1. The van der Waals surface area contributed by atoms with Crippen molar-refractivity contribution in [2.45, 2.75) is 31.8 Å². The second-order valence-corrected chi connectivity index (χ2v) is 6.70. The van der Waals surface area contributed by atoms with E-state index >= 15 is 0 Å². The minimum absolute atomic E-state index is 0.0233. The zero-order chi connectivity index (χ0) is 15.9. The lowest BCUT2D eigenvalue weighted by Crippen LogP contribution is -2.47. The van der Waals surface area contributed by atoms with E-state index in [1.165, 1.54) is 4.88 Å². The molecule has 2 amide bonds. The third-order valence-corrected chi connectivity index (χ3v) is 4.91. The van der Waals surface area contributed by atoms with Gasteiger partial charge >= 0.3 is 6.03 Å². The maximum atomic E-state index is 12.6. The van der Waals surface area contributed by atoms with Gasteiger partial charge in [0.05, 0.1) is 12.8 Å². The first kappa shape index (κ1) is 16.1. The number of carbonyl (C=O) groups excluding carboxylic acids is 1. The third kappa shape index (κ3) is 4.84. The SMILES string of the molecule is O=C(NC1CCOCC1)N(CCc1cccs1)Cc1ccco1. The number of nitrogens with one attached hydrogen (secondary N) is 1. The lowest BCUT2D eigenvalue weighted by molar-refractivity contribution is 0.0778. The molecule has 1 saturated heterocycles. The number of thiophene rings is 1. The third-order valence-electron chi connectivity index (χ3n) is 3.97. The molecule has 0 saturated carbocycles. The Labute approximate surface area is 140 Å². The first-order valence-electron chi connectivity index (χ1n) is 7.99. The summed E-state index contributed by atoms with van der Waals surface area (Å²) in [5.74, 6) is 0.804. The van der Waals surface area contributed by atoms with Crippen LogP contribution in [0.1, 0.15) is 23.5 Å². The fourth-order valence-electron chi connectivity index (χ4n) is 2.65. The Hall–Kier alpha value is -1.79. The predicted octanol–water partition coefficient (Wildman–Crippen LogP) is 3.27. The predicted molar refractivity (Wildman–Crippen MR) is 89.5 cm³/mol. The van der Waals surface area contributed by atoms with Gasteiger partial charge in [0.2, 0.25) is 0 Å². The summed E-state index contributed by atoms with van der Waals surface area (Å²) in [6.45, 7) is 2.61. The van der Waals surface area contributed by atoms with Crippen LogP contribution in [0.4, 0.5) is 4.79 Å². The molecular formula is C17H22N2O3S. The van der Waals surface area contributed by atoms with Gasteiger partial charge in [-0.15, -0.1) is 11.3 Å². The second-order valence-electron chi connectivity index (χ2n) is 5.67. The number of carbonyl (C=O) groups is 1. The van der Waals surface area contributed by atoms with Crippen LogP contribution in [0, 0.1) is 0 Å². The summed E-state index contributed by atoms with van der Waals surface area (Å²) in [5.41, 5.74) is 0. The summed E-state index contributed by atoms with van der Waals surface area (Å²) in [4.78, 5) is 15.7. The maximum Gasteiger partial charge on any atom is 0.318 e. The monoisotopic (exact) mass is 334 g/mol. The highest BCUT2D eigenvalue weighted by Gasteiger charge is 2.21. The molecule has 0 aliphatic carbocycles. The van der Waals surface area contributed by atoms with Crippen LogP contribution in [-0.2, 0) is 17.7 Å². The number of nitrogens with zero attached hydrogens (tertiary/aromatic N) is 1. The van der Waals surface area contributed by atoms with Crippen LogP contribution in [0.5, 0.6) is 0 Å². The molecule has 0 radical (unpaired) electrons. The standard InChI is InChI=1S/C17H22N2O3S/c20-17(18-14-6-10-21-11-7-14)19(13-15-3-1-9-22-15)8-5-16-4-2-12-23-16/h1-4,9,12,14H,5-8,10-11,13H2,(H,18,20). The van der Waals surface area contributed by atoms with Crippen LogP contribution in [0.3, 0.4) is 0 Å². The molecule has 23 heavy (non-hydrogen) atoms. The highest BCUT2D eigenvalue weighted by Crippen LogP contribution is 2.13. The molecular weight excluding hydrogens is 312 g/mol. The molecule has 0 spiro atoms. The molecule has 0 atom stereocenters. The number of ether oxygens (including phenoxy) is 1. The zero-order valence-corrected chi connectivity index (χ0v) is 13.9. The summed E-state index contributed by atoms with van der Waals surface area (Å²) in [6, 6.07) is 8.08. The average molecular weight is 334 g/mol. The Morgan fingerprint density at radius 3 is 2.87 bits per heavy atom. The van der Waals surface area contributed by atoms with Crippen molar-refractivity contribution >= 4 is 17.4 Å². The van der Waals surface area contributed by atoms with Gasteiger partial charge in [0.1, 0.15) is 5.76 Å². The fourth-order valence-corrected chi connectivity index (χ4v) is 3.35. The van der Waals surface area contributed by atoms with Crippen LogP contribution in [0.2, 0.25) is 0 Å². The highest BCUT2D eigenvalue weighted by molar-refractivity contribution is 7.09. The molecule has 0 bridgehead atoms. The lowest BCUT2D eigenvalue weighted by Gasteiger charge is -2.28. The van der Waals surface area contributed by atoms with E-state index in [2.05, 4.69) is 16.8 Å². The molecule has 2 aromatic heterocycles. The molecule has 1 N–H and O–H groups in total. The Morgan fingerprint density at radius 1 is 1.30 bits per heavy atom. The highest BCUT2D eigenvalue weighted by atomic mass is 32.1. The minimum Gasteiger partial charge on any atom is -0.467 e. The van der Waals surface area contributed by atoms with Crippen molar-refractivity contribution < 1.29 is 13.9 Å². The van der Waals surface area contributed by atoms with Gasteiger partial charge in [0, 0.05) is 30.7 Å². The van der Waals surface area contributed by atoms with E-state index in [1.54, 1.807) is 17.6 Å². The van der Waals surface area contributed by atoms with E-state index in [4.69, 9.17) is 9.15 Å². The van der Waals surface area contributed by atoms with Gasteiger partial charge in [-0.2, -0.15) is 0 Å². The molecule has 6 heteroatoms. The zero-order valence-electron chi connectivity index (χ0n) is 13.1. The van der Waals surface area contributed by atoms with Crippen LogP contribution >= 0.6 is 11.3 Å². The van der Waals surface area contributed by atoms with E-state index in [-0.39, 0.29) is 12.1 Å². The van der Waals surface area contributed by atoms with Crippen molar-refractivity contribution in [1.82, 2.24) is 10.2 Å².